The highest BCUT2D eigenvalue weighted by Gasteiger charge is 2.36. The highest BCUT2D eigenvalue weighted by atomic mass is 16.5. The second-order valence-electron chi connectivity index (χ2n) is 7.97. The highest BCUT2D eigenvalue weighted by Crippen LogP contribution is 2.20. The van der Waals surface area contributed by atoms with Gasteiger partial charge in [0.2, 0.25) is 11.8 Å². The SMILES string of the molecule is Cc1[nH]ncc1C(=O)N1CCN(C)[C@H](C(=O)N2CCC(Oc3ccccn3)CC2)C1. The molecule has 2 aliphatic rings. The second kappa shape index (κ2) is 8.83. The van der Waals surface area contributed by atoms with Gasteiger partial charge in [0.05, 0.1) is 11.8 Å². The van der Waals surface area contributed by atoms with E-state index in [9.17, 15) is 9.59 Å². The summed E-state index contributed by atoms with van der Waals surface area (Å²) in [6.45, 7) is 4.78. The molecule has 160 valence electrons. The monoisotopic (exact) mass is 412 g/mol. The first-order chi connectivity index (χ1) is 14.5. The average molecular weight is 412 g/mol. The Balaban J connectivity index is 1.34. The van der Waals surface area contributed by atoms with Crippen LogP contribution in [-0.4, -0.2) is 93.6 Å². The fraction of sp³-hybridized carbons (Fsp3) is 0.524. The van der Waals surface area contributed by atoms with Gasteiger partial charge in [-0.3, -0.25) is 19.6 Å². The molecule has 0 unspecified atom stereocenters. The van der Waals surface area contributed by atoms with Gasteiger partial charge in [0.25, 0.3) is 5.91 Å². The molecule has 30 heavy (non-hydrogen) atoms. The maximum atomic E-state index is 13.2. The smallest absolute Gasteiger partial charge is 0.257 e. The van der Waals surface area contributed by atoms with E-state index >= 15 is 0 Å². The summed E-state index contributed by atoms with van der Waals surface area (Å²) in [5, 5.41) is 6.75. The van der Waals surface area contributed by atoms with Gasteiger partial charge in [-0.05, 0) is 20.0 Å². The molecule has 2 fully saturated rings. The zero-order valence-electron chi connectivity index (χ0n) is 17.5. The Kier molecular flexibility index (Phi) is 5.98. The number of ether oxygens (including phenoxy) is 1. The van der Waals surface area contributed by atoms with E-state index in [1.807, 2.05) is 42.0 Å². The normalized spacial score (nSPS) is 20.9. The molecule has 2 aromatic rings. The van der Waals surface area contributed by atoms with Crippen molar-refractivity contribution in [1.82, 2.24) is 29.9 Å². The average Bonchev–Trinajstić information content (AvgIpc) is 3.20. The number of H-pyrrole nitrogens is 1. The molecule has 2 aliphatic heterocycles. The van der Waals surface area contributed by atoms with E-state index in [0.29, 0.717) is 44.2 Å². The Hall–Kier alpha value is -2.94. The summed E-state index contributed by atoms with van der Waals surface area (Å²) in [5.41, 5.74) is 1.31. The van der Waals surface area contributed by atoms with Crippen molar-refractivity contribution in [2.24, 2.45) is 0 Å². The lowest BCUT2D eigenvalue weighted by Crippen LogP contribution is -2.60. The number of aryl methyl sites for hydroxylation is 1. The van der Waals surface area contributed by atoms with Crippen molar-refractivity contribution >= 4 is 11.8 Å². The number of likely N-dealkylation sites (tertiary alicyclic amines) is 1. The first-order valence-corrected chi connectivity index (χ1v) is 10.4. The number of aromatic nitrogens is 3. The van der Waals surface area contributed by atoms with E-state index in [-0.39, 0.29) is 24.0 Å². The molecule has 1 atom stereocenters. The number of carbonyl (C=O) groups is 2. The molecule has 0 aliphatic carbocycles. The van der Waals surface area contributed by atoms with Gasteiger partial charge in [-0.1, -0.05) is 6.07 Å². The van der Waals surface area contributed by atoms with Crippen LogP contribution in [0.2, 0.25) is 0 Å². The number of likely N-dealkylation sites (N-methyl/N-ethyl adjacent to an activating group) is 1. The molecule has 0 aromatic carbocycles. The van der Waals surface area contributed by atoms with Gasteiger partial charge in [-0.2, -0.15) is 5.10 Å². The van der Waals surface area contributed by atoms with Crippen molar-refractivity contribution in [3.63, 3.8) is 0 Å². The van der Waals surface area contributed by atoms with Crippen LogP contribution in [0.15, 0.2) is 30.6 Å². The van der Waals surface area contributed by atoms with E-state index in [1.165, 1.54) is 0 Å². The summed E-state index contributed by atoms with van der Waals surface area (Å²) >= 11 is 0. The van der Waals surface area contributed by atoms with Crippen molar-refractivity contribution < 1.29 is 14.3 Å². The van der Waals surface area contributed by atoms with Crippen molar-refractivity contribution in [1.29, 1.82) is 0 Å². The lowest BCUT2D eigenvalue weighted by atomic mass is 10.0. The van der Waals surface area contributed by atoms with Gasteiger partial charge < -0.3 is 14.5 Å². The molecule has 1 N–H and O–H groups in total. The van der Waals surface area contributed by atoms with Crippen molar-refractivity contribution in [3.05, 3.63) is 41.9 Å². The number of nitrogens with one attached hydrogen (secondary N) is 1. The first-order valence-electron chi connectivity index (χ1n) is 10.4. The quantitative estimate of drug-likeness (QED) is 0.803. The number of pyridine rings is 1. The standard InChI is InChI=1S/C21H28N6O3/c1-15-17(13-23-24-15)20(28)27-12-11-25(2)18(14-27)21(29)26-9-6-16(7-10-26)30-19-5-3-4-8-22-19/h3-5,8,13,16,18H,6-7,9-12,14H2,1-2H3,(H,23,24)/t18-/m0/s1. The third kappa shape index (κ3) is 4.30. The van der Waals surface area contributed by atoms with Crippen LogP contribution in [0.4, 0.5) is 0 Å². The Bertz CT molecular complexity index is 878. The third-order valence-corrected chi connectivity index (χ3v) is 5.96. The van der Waals surface area contributed by atoms with Gasteiger partial charge in [0, 0.05) is 63.5 Å². The molecule has 0 radical (unpaired) electrons. The number of hydrogen-bond acceptors (Lipinski definition) is 6. The Morgan fingerprint density at radius 3 is 2.60 bits per heavy atom. The third-order valence-electron chi connectivity index (χ3n) is 5.96. The molecule has 0 bridgehead atoms. The highest BCUT2D eigenvalue weighted by molar-refractivity contribution is 5.95. The largest absolute Gasteiger partial charge is 0.474 e. The van der Waals surface area contributed by atoms with Crippen LogP contribution in [0.3, 0.4) is 0 Å². The Morgan fingerprint density at radius 2 is 1.93 bits per heavy atom. The molecular formula is C21H28N6O3. The lowest BCUT2D eigenvalue weighted by Gasteiger charge is -2.42. The Labute approximate surface area is 176 Å². The van der Waals surface area contributed by atoms with E-state index in [2.05, 4.69) is 15.2 Å². The van der Waals surface area contributed by atoms with Gasteiger partial charge >= 0.3 is 0 Å². The molecular weight excluding hydrogens is 384 g/mol. The number of rotatable bonds is 4. The fourth-order valence-electron chi connectivity index (χ4n) is 4.05. The molecule has 2 amide bonds. The minimum Gasteiger partial charge on any atom is -0.474 e. The van der Waals surface area contributed by atoms with E-state index < -0.39 is 0 Å². The van der Waals surface area contributed by atoms with Crippen LogP contribution in [-0.2, 0) is 4.79 Å². The van der Waals surface area contributed by atoms with Crippen LogP contribution >= 0.6 is 0 Å². The van der Waals surface area contributed by atoms with Crippen LogP contribution in [0.1, 0.15) is 28.9 Å². The first kappa shape index (κ1) is 20.3. The van der Waals surface area contributed by atoms with Crippen LogP contribution in [0.25, 0.3) is 0 Å². The van der Waals surface area contributed by atoms with Crippen molar-refractivity contribution in [2.75, 3.05) is 39.8 Å². The molecule has 0 spiro atoms. The topological polar surface area (TPSA) is 94.7 Å². The van der Waals surface area contributed by atoms with Crippen molar-refractivity contribution in [3.8, 4) is 5.88 Å². The predicted molar refractivity (Wildman–Crippen MR) is 110 cm³/mol. The van der Waals surface area contributed by atoms with E-state index in [0.717, 1.165) is 18.5 Å². The second-order valence-corrected chi connectivity index (χ2v) is 7.97. The lowest BCUT2D eigenvalue weighted by molar-refractivity contribution is -0.140. The van der Waals surface area contributed by atoms with Gasteiger partial charge in [0.1, 0.15) is 12.1 Å². The maximum Gasteiger partial charge on any atom is 0.257 e. The van der Waals surface area contributed by atoms with Gasteiger partial charge in [0.15, 0.2) is 0 Å². The molecule has 9 heteroatoms. The molecule has 2 saturated heterocycles. The van der Waals surface area contributed by atoms with Crippen molar-refractivity contribution in [2.45, 2.75) is 31.9 Å². The molecule has 4 rings (SSSR count). The molecule has 2 aromatic heterocycles. The number of carbonyl (C=O) groups excluding carboxylic acids is 2. The predicted octanol–water partition coefficient (Wildman–Crippen LogP) is 0.939. The number of hydrogen-bond donors (Lipinski definition) is 1. The van der Waals surface area contributed by atoms with Gasteiger partial charge in [-0.25, -0.2) is 4.98 Å². The summed E-state index contributed by atoms with van der Waals surface area (Å²) in [7, 11) is 1.95. The van der Waals surface area contributed by atoms with Crippen LogP contribution in [0.5, 0.6) is 5.88 Å². The number of nitrogens with zero attached hydrogens (tertiary/aromatic N) is 5. The van der Waals surface area contributed by atoms with E-state index in [4.69, 9.17) is 4.74 Å². The minimum atomic E-state index is -0.330. The minimum absolute atomic E-state index is 0.0650. The number of amides is 2. The zero-order chi connectivity index (χ0) is 21.1. The summed E-state index contributed by atoms with van der Waals surface area (Å²) in [6.07, 6.45) is 4.88. The molecule has 4 heterocycles. The number of aromatic amines is 1. The zero-order valence-corrected chi connectivity index (χ0v) is 17.5. The summed E-state index contributed by atoms with van der Waals surface area (Å²) in [5.74, 6) is 0.628. The summed E-state index contributed by atoms with van der Waals surface area (Å²) in [4.78, 5) is 36.0. The van der Waals surface area contributed by atoms with Crippen LogP contribution in [0, 0.1) is 6.92 Å². The molecule has 0 saturated carbocycles. The number of piperazine rings is 1. The number of piperidine rings is 1. The summed E-state index contributed by atoms with van der Waals surface area (Å²) < 4.78 is 5.93. The fourth-order valence-corrected chi connectivity index (χ4v) is 4.05. The van der Waals surface area contributed by atoms with E-state index in [1.54, 1.807) is 17.3 Å². The van der Waals surface area contributed by atoms with Gasteiger partial charge in [-0.15, -0.1) is 0 Å². The van der Waals surface area contributed by atoms with Crippen LogP contribution < -0.4 is 4.74 Å². The molecule has 9 nitrogen and oxygen atoms in total. The Morgan fingerprint density at radius 1 is 1.13 bits per heavy atom. The maximum absolute atomic E-state index is 13.2. The summed E-state index contributed by atoms with van der Waals surface area (Å²) in [6, 6.07) is 5.28.